The molecule has 1 fully saturated rings. The molecule has 1 N–H and O–H groups in total. The Labute approximate surface area is 157 Å². The smallest absolute Gasteiger partial charge is 0.345 e. The molecule has 2 aromatic rings. The summed E-state index contributed by atoms with van der Waals surface area (Å²) in [5.74, 6) is -1.09. The second kappa shape index (κ2) is 8.03. The molecule has 3 heterocycles. The summed E-state index contributed by atoms with van der Waals surface area (Å²) < 4.78 is 36.8. The molecule has 0 bridgehead atoms. The number of halogens is 3. The first-order chi connectivity index (χ1) is 12.8. The van der Waals surface area contributed by atoms with Gasteiger partial charge in [0, 0.05) is 29.9 Å². The number of aromatic nitrogens is 2. The SMILES string of the molecule is O=C(NCC(F)(F)F)C1CCCN1C(=O)Cc1csc(-c2cccnc2)n1. The standard InChI is InChI=1S/C17H17F3N4O2S/c18-17(19,20)10-22-15(26)13-4-2-6-24(13)14(25)7-12-9-27-16(23-12)11-3-1-5-21-8-11/h1,3,5,8-9,13H,2,4,6-7,10H2,(H,22,26). The Bertz CT molecular complexity index is 810. The number of nitrogens with one attached hydrogen (secondary N) is 1. The average Bonchev–Trinajstić information content (AvgIpc) is 3.29. The van der Waals surface area contributed by atoms with Gasteiger partial charge in [-0.25, -0.2) is 4.98 Å². The van der Waals surface area contributed by atoms with Crippen LogP contribution in [0.5, 0.6) is 0 Å². The van der Waals surface area contributed by atoms with E-state index in [0.29, 0.717) is 25.1 Å². The molecule has 0 spiro atoms. The third-order valence-electron chi connectivity index (χ3n) is 4.13. The van der Waals surface area contributed by atoms with Gasteiger partial charge < -0.3 is 10.2 Å². The number of nitrogens with zero attached hydrogens (tertiary/aromatic N) is 3. The van der Waals surface area contributed by atoms with E-state index in [1.165, 1.54) is 16.2 Å². The predicted octanol–water partition coefficient (Wildman–Crippen LogP) is 2.42. The fraction of sp³-hybridized carbons (Fsp3) is 0.412. The van der Waals surface area contributed by atoms with Crippen LogP contribution < -0.4 is 5.32 Å². The van der Waals surface area contributed by atoms with Crippen LogP contribution in [-0.4, -0.2) is 52.0 Å². The quantitative estimate of drug-likeness (QED) is 0.839. The summed E-state index contributed by atoms with van der Waals surface area (Å²) in [7, 11) is 0. The molecular formula is C17H17F3N4O2S. The molecule has 144 valence electrons. The summed E-state index contributed by atoms with van der Waals surface area (Å²) in [4.78, 5) is 34.4. The van der Waals surface area contributed by atoms with E-state index in [9.17, 15) is 22.8 Å². The zero-order valence-corrected chi connectivity index (χ0v) is 15.0. The third kappa shape index (κ3) is 5.03. The fourth-order valence-corrected chi connectivity index (χ4v) is 3.72. The molecule has 1 saturated heterocycles. The minimum atomic E-state index is -4.48. The Hall–Kier alpha value is -2.49. The highest BCUT2D eigenvalue weighted by atomic mass is 32.1. The van der Waals surface area contributed by atoms with Crippen molar-refractivity contribution in [3.8, 4) is 10.6 Å². The number of pyridine rings is 1. The van der Waals surface area contributed by atoms with E-state index >= 15 is 0 Å². The number of thiazole rings is 1. The molecule has 2 aromatic heterocycles. The van der Waals surface area contributed by atoms with Gasteiger partial charge in [-0.15, -0.1) is 11.3 Å². The van der Waals surface area contributed by atoms with Gasteiger partial charge in [0.25, 0.3) is 0 Å². The van der Waals surface area contributed by atoms with E-state index in [1.807, 2.05) is 11.4 Å². The Balaban J connectivity index is 1.62. The highest BCUT2D eigenvalue weighted by Gasteiger charge is 2.36. The number of hydrogen-bond acceptors (Lipinski definition) is 5. The monoisotopic (exact) mass is 398 g/mol. The van der Waals surface area contributed by atoms with Crippen LogP contribution >= 0.6 is 11.3 Å². The molecule has 2 amide bonds. The Morgan fingerprint density at radius 2 is 2.19 bits per heavy atom. The molecule has 6 nitrogen and oxygen atoms in total. The summed E-state index contributed by atoms with van der Waals surface area (Å²) in [5, 5.41) is 4.35. The van der Waals surface area contributed by atoms with Crippen molar-refractivity contribution in [3.63, 3.8) is 0 Å². The van der Waals surface area contributed by atoms with Gasteiger partial charge in [-0.3, -0.25) is 14.6 Å². The highest BCUT2D eigenvalue weighted by molar-refractivity contribution is 7.13. The van der Waals surface area contributed by atoms with Crippen LogP contribution in [0, 0.1) is 0 Å². The Morgan fingerprint density at radius 1 is 1.37 bits per heavy atom. The van der Waals surface area contributed by atoms with Gasteiger partial charge in [-0.05, 0) is 25.0 Å². The van der Waals surface area contributed by atoms with Crippen molar-refractivity contribution in [1.82, 2.24) is 20.2 Å². The molecule has 1 aliphatic heterocycles. The maximum Gasteiger partial charge on any atom is 0.405 e. The first kappa shape index (κ1) is 19.3. The van der Waals surface area contributed by atoms with Crippen LogP contribution in [0.1, 0.15) is 18.5 Å². The number of rotatable bonds is 5. The summed E-state index contributed by atoms with van der Waals surface area (Å²) in [6, 6.07) is 2.78. The number of hydrogen-bond donors (Lipinski definition) is 1. The van der Waals surface area contributed by atoms with E-state index in [-0.39, 0.29) is 12.3 Å². The first-order valence-corrected chi connectivity index (χ1v) is 9.20. The maximum absolute atomic E-state index is 12.6. The van der Waals surface area contributed by atoms with E-state index in [4.69, 9.17) is 0 Å². The molecular weight excluding hydrogens is 381 g/mol. The normalized spacial score (nSPS) is 17.1. The van der Waals surface area contributed by atoms with E-state index in [1.54, 1.807) is 23.8 Å². The fourth-order valence-electron chi connectivity index (χ4n) is 2.91. The predicted molar refractivity (Wildman–Crippen MR) is 92.8 cm³/mol. The molecule has 10 heteroatoms. The number of amides is 2. The molecule has 27 heavy (non-hydrogen) atoms. The summed E-state index contributed by atoms with van der Waals surface area (Å²) in [5.41, 5.74) is 1.40. The molecule has 3 rings (SSSR count). The Kier molecular flexibility index (Phi) is 5.73. The van der Waals surface area contributed by atoms with Crippen LogP contribution in [0.25, 0.3) is 10.6 Å². The third-order valence-corrected chi connectivity index (χ3v) is 5.07. The van der Waals surface area contributed by atoms with Crippen molar-refractivity contribution in [2.75, 3.05) is 13.1 Å². The second-order valence-electron chi connectivity index (χ2n) is 6.14. The molecule has 0 aliphatic carbocycles. The minimum absolute atomic E-state index is 0.000186. The average molecular weight is 398 g/mol. The van der Waals surface area contributed by atoms with Crippen LogP contribution in [0.3, 0.4) is 0 Å². The summed E-state index contributed by atoms with van der Waals surface area (Å²) >= 11 is 1.38. The lowest BCUT2D eigenvalue weighted by molar-refractivity contribution is -0.144. The van der Waals surface area contributed by atoms with Gasteiger partial charge in [-0.1, -0.05) is 0 Å². The molecule has 0 saturated carbocycles. The molecule has 1 atom stereocenters. The van der Waals surface area contributed by atoms with Gasteiger partial charge in [-0.2, -0.15) is 13.2 Å². The second-order valence-corrected chi connectivity index (χ2v) is 7.00. The Morgan fingerprint density at radius 3 is 2.89 bits per heavy atom. The van der Waals surface area contributed by atoms with E-state index in [0.717, 1.165) is 10.6 Å². The van der Waals surface area contributed by atoms with Gasteiger partial charge in [0.15, 0.2) is 0 Å². The lowest BCUT2D eigenvalue weighted by Gasteiger charge is -2.24. The molecule has 1 aliphatic rings. The zero-order chi connectivity index (χ0) is 19.4. The molecule has 1 unspecified atom stereocenters. The molecule has 0 aromatic carbocycles. The zero-order valence-electron chi connectivity index (χ0n) is 14.2. The first-order valence-electron chi connectivity index (χ1n) is 8.32. The summed E-state index contributed by atoms with van der Waals surface area (Å²) in [6.07, 6.45) is -0.224. The van der Waals surface area contributed by atoms with E-state index in [2.05, 4.69) is 9.97 Å². The largest absolute Gasteiger partial charge is 0.405 e. The lowest BCUT2D eigenvalue weighted by atomic mass is 10.2. The summed E-state index contributed by atoms with van der Waals surface area (Å²) in [6.45, 7) is -1.05. The van der Waals surface area contributed by atoms with Crippen molar-refractivity contribution >= 4 is 23.2 Å². The van der Waals surface area contributed by atoms with Crippen molar-refractivity contribution in [2.45, 2.75) is 31.5 Å². The number of carbonyl (C=O) groups excluding carboxylic acids is 2. The van der Waals surface area contributed by atoms with Gasteiger partial charge in [0.05, 0.1) is 12.1 Å². The van der Waals surface area contributed by atoms with Gasteiger partial charge in [0.2, 0.25) is 11.8 Å². The number of likely N-dealkylation sites (tertiary alicyclic amines) is 1. The van der Waals surface area contributed by atoms with Crippen molar-refractivity contribution in [3.05, 3.63) is 35.6 Å². The number of alkyl halides is 3. The van der Waals surface area contributed by atoms with Crippen LogP contribution in [0.15, 0.2) is 29.9 Å². The van der Waals surface area contributed by atoms with Gasteiger partial charge >= 0.3 is 6.18 Å². The maximum atomic E-state index is 12.6. The lowest BCUT2D eigenvalue weighted by Crippen LogP contribution is -2.48. The molecule has 0 radical (unpaired) electrons. The van der Waals surface area contributed by atoms with Crippen molar-refractivity contribution in [2.24, 2.45) is 0 Å². The van der Waals surface area contributed by atoms with E-state index < -0.39 is 24.7 Å². The van der Waals surface area contributed by atoms with Crippen molar-refractivity contribution in [1.29, 1.82) is 0 Å². The minimum Gasteiger partial charge on any atom is -0.345 e. The van der Waals surface area contributed by atoms with Gasteiger partial charge in [0.1, 0.15) is 17.6 Å². The van der Waals surface area contributed by atoms with Crippen LogP contribution in [0.4, 0.5) is 13.2 Å². The van der Waals surface area contributed by atoms with Crippen molar-refractivity contribution < 1.29 is 22.8 Å². The highest BCUT2D eigenvalue weighted by Crippen LogP contribution is 2.24. The topological polar surface area (TPSA) is 75.2 Å². The number of carbonyl (C=O) groups is 2. The van der Waals surface area contributed by atoms with Crippen LogP contribution in [-0.2, 0) is 16.0 Å². The van der Waals surface area contributed by atoms with Crippen LogP contribution in [0.2, 0.25) is 0 Å².